The first-order chi connectivity index (χ1) is 13.3. The molecule has 0 fully saturated rings. The second kappa shape index (κ2) is 9.90. The Hall–Kier alpha value is -2.86. The molecule has 7 heteroatoms. The van der Waals surface area contributed by atoms with Crippen molar-refractivity contribution < 1.29 is 14.4 Å². The Morgan fingerprint density at radius 3 is 2.18 bits per heavy atom. The summed E-state index contributed by atoms with van der Waals surface area (Å²) in [5.74, 6) is -0.938. The summed E-state index contributed by atoms with van der Waals surface area (Å²) in [7, 11) is 0. The molecule has 3 N–H and O–H groups in total. The van der Waals surface area contributed by atoms with Gasteiger partial charge in [-0.3, -0.25) is 14.4 Å². The lowest BCUT2D eigenvalue weighted by molar-refractivity contribution is -0.119. The molecule has 0 aliphatic carbocycles. The zero-order valence-electron chi connectivity index (χ0n) is 16.1. The molecule has 0 saturated carbocycles. The quantitative estimate of drug-likeness (QED) is 0.653. The number of amides is 3. The van der Waals surface area contributed by atoms with Crippen LogP contribution in [0.5, 0.6) is 0 Å². The molecule has 0 aliphatic rings. The second-order valence-electron chi connectivity index (χ2n) is 6.59. The van der Waals surface area contributed by atoms with Crippen LogP contribution in [0, 0.1) is 5.92 Å². The highest BCUT2D eigenvalue weighted by Gasteiger charge is 2.26. The van der Waals surface area contributed by atoms with Gasteiger partial charge in [-0.1, -0.05) is 37.9 Å². The fourth-order valence-corrected chi connectivity index (χ4v) is 2.75. The molecule has 0 bridgehead atoms. The van der Waals surface area contributed by atoms with Gasteiger partial charge in [0.2, 0.25) is 11.8 Å². The van der Waals surface area contributed by atoms with Gasteiger partial charge in [-0.05, 0) is 48.4 Å². The predicted molar refractivity (Wildman–Crippen MR) is 112 cm³/mol. The number of hydrogen-bond acceptors (Lipinski definition) is 3. The largest absolute Gasteiger partial charge is 0.340 e. The second-order valence-corrected chi connectivity index (χ2v) is 7.03. The first-order valence-corrected chi connectivity index (χ1v) is 9.43. The lowest BCUT2D eigenvalue weighted by atomic mass is 9.97. The Balaban J connectivity index is 2.13. The fraction of sp³-hybridized carbons (Fsp3) is 0.286. The number of carbonyl (C=O) groups is 3. The summed E-state index contributed by atoms with van der Waals surface area (Å²) in [5, 5.41) is 8.82. The van der Waals surface area contributed by atoms with E-state index in [2.05, 4.69) is 16.0 Å². The van der Waals surface area contributed by atoms with Gasteiger partial charge in [0.25, 0.3) is 5.91 Å². The van der Waals surface area contributed by atoms with Crippen LogP contribution in [0.25, 0.3) is 0 Å². The van der Waals surface area contributed by atoms with Gasteiger partial charge in [-0.25, -0.2) is 0 Å². The van der Waals surface area contributed by atoms with E-state index in [9.17, 15) is 14.4 Å². The maximum atomic E-state index is 12.8. The van der Waals surface area contributed by atoms with Gasteiger partial charge in [-0.2, -0.15) is 0 Å². The Kier molecular flexibility index (Phi) is 7.58. The van der Waals surface area contributed by atoms with Crippen LogP contribution in [-0.2, 0) is 9.59 Å². The Morgan fingerprint density at radius 1 is 1.00 bits per heavy atom. The molecule has 0 spiro atoms. The normalized spacial score (nSPS) is 12.6. The van der Waals surface area contributed by atoms with E-state index in [-0.39, 0.29) is 23.6 Å². The molecule has 2 aromatic carbocycles. The van der Waals surface area contributed by atoms with E-state index in [1.54, 1.807) is 48.5 Å². The van der Waals surface area contributed by atoms with Crippen LogP contribution in [0.2, 0.25) is 5.02 Å². The Bertz CT molecular complexity index is 852. The maximum Gasteiger partial charge on any atom is 0.251 e. The average molecular weight is 402 g/mol. The monoisotopic (exact) mass is 401 g/mol. The van der Waals surface area contributed by atoms with Gasteiger partial charge >= 0.3 is 0 Å². The highest BCUT2D eigenvalue weighted by molar-refractivity contribution is 6.30. The summed E-state index contributed by atoms with van der Waals surface area (Å²) in [5.41, 5.74) is 1.54. The fourth-order valence-electron chi connectivity index (χ4n) is 2.63. The first kappa shape index (κ1) is 21.4. The number of benzene rings is 2. The molecule has 6 nitrogen and oxygen atoms in total. The molecule has 3 amide bonds. The van der Waals surface area contributed by atoms with Crippen molar-refractivity contribution in [3.05, 3.63) is 59.1 Å². The number of carbonyl (C=O) groups excluding carboxylic acids is 3. The zero-order chi connectivity index (χ0) is 20.7. The van der Waals surface area contributed by atoms with Crippen molar-refractivity contribution in [1.29, 1.82) is 0 Å². The smallest absolute Gasteiger partial charge is 0.251 e. The van der Waals surface area contributed by atoms with Crippen LogP contribution in [0.3, 0.4) is 0 Å². The minimum absolute atomic E-state index is 0.0743. The van der Waals surface area contributed by atoms with Gasteiger partial charge in [0.15, 0.2) is 0 Å². The SMILES string of the molecule is CC[C@H](C)[C@H](NC(=O)c1ccc(Cl)cc1)C(=O)Nc1cccc(NC(C)=O)c1. The molecule has 0 radical (unpaired) electrons. The van der Waals surface area contributed by atoms with Gasteiger partial charge < -0.3 is 16.0 Å². The number of hydrogen-bond donors (Lipinski definition) is 3. The van der Waals surface area contributed by atoms with Crippen molar-refractivity contribution in [2.45, 2.75) is 33.2 Å². The molecule has 2 rings (SSSR count). The van der Waals surface area contributed by atoms with E-state index < -0.39 is 6.04 Å². The van der Waals surface area contributed by atoms with Gasteiger partial charge in [0.05, 0.1) is 0 Å². The van der Waals surface area contributed by atoms with E-state index >= 15 is 0 Å². The van der Waals surface area contributed by atoms with Crippen LogP contribution in [-0.4, -0.2) is 23.8 Å². The number of anilines is 2. The highest BCUT2D eigenvalue weighted by atomic mass is 35.5. The molecule has 0 unspecified atom stereocenters. The molecule has 148 valence electrons. The summed E-state index contributed by atoms with van der Waals surface area (Å²) >= 11 is 5.86. The Morgan fingerprint density at radius 2 is 1.61 bits per heavy atom. The summed E-state index contributed by atoms with van der Waals surface area (Å²) in [6.45, 7) is 5.27. The third-order valence-corrected chi connectivity index (χ3v) is 4.59. The van der Waals surface area contributed by atoms with Crippen LogP contribution >= 0.6 is 11.6 Å². The van der Waals surface area contributed by atoms with Crippen molar-refractivity contribution in [2.75, 3.05) is 10.6 Å². The van der Waals surface area contributed by atoms with Crippen molar-refractivity contribution >= 4 is 40.7 Å². The minimum atomic E-state index is -0.711. The van der Waals surface area contributed by atoms with Crippen molar-refractivity contribution in [3.63, 3.8) is 0 Å². The van der Waals surface area contributed by atoms with E-state index in [4.69, 9.17) is 11.6 Å². The van der Waals surface area contributed by atoms with Crippen molar-refractivity contribution in [3.8, 4) is 0 Å². The zero-order valence-corrected chi connectivity index (χ0v) is 16.8. The van der Waals surface area contributed by atoms with Gasteiger partial charge in [0, 0.05) is 28.9 Å². The van der Waals surface area contributed by atoms with Crippen LogP contribution in [0.4, 0.5) is 11.4 Å². The molecular formula is C21H24ClN3O3. The molecule has 0 saturated heterocycles. The molecule has 0 aliphatic heterocycles. The van der Waals surface area contributed by atoms with Crippen LogP contribution in [0.15, 0.2) is 48.5 Å². The lowest BCUT2D eigenvalue weighted by Crippen LogP contribution is -2.47. The minimum Gasteiger partial charge on any atom is -0.340 e. The topological polar surface area (TPSA) is 87.3 Å². The predicted octanol–water partition coefficient (Wildman–Crippen LogP) is 4.08. The highest BCUT2D eigenvalue weighted by Crippen LogP contribution is 2.18. The third kappa shape index (κ3) is 6.09. The molecule has 28 heavy (non-hydrogen) atoms. The summed E-state index contributed by atoms with van der Waals surface area (Å²) in [6, 6.07) is 12.6. The van der Waals surface area contributed by atoms with Gasteiger partial charge in [-0.15, -0.1) is 0 Å². The van der Waals surface area contributed by atoms with Crippen molar-refractivity contribution in [1.82, 2.24) is 5.32 Å². The standard InChI is InChI=1S/C21H24ClN3O3/c1-4-13(2)19(25-20(27)15-8-10-16(22)11-9-15)21(28)24-18-7-5-6-17(12-18)23-14(3)26/h5-13,19H,4H2,1-3H3,(H,23,26)(H,24,28)(H,25,27)/t13-,19-/m0/s1. The number of rotatable bonds is 7. The molecular weight excluding hydrogens is 378 g/mol. The van der Waals surface area contributed by atoms with E-state index in [0.29, 0.717) is 28.4 Å². The average Bonchev–Trinajstić information content (AvgIpc) is 2.65. The molecule has 0 heterocycles. The molecule has 2 atom stereocenters. The number of halogens is 1. The van der Waals surface area contributed by atoms with Crippen LogP contribution < -0.4 is 16.0 Å². The summed E-state index contributed by atoms with van der Waals surface area (Å²) in [6.07, 6.45) is 0.713. The first-order valence-electron chi connectivity index (χ1n) is 9.05. The number of nitrogens with one attached hydrogen (secondary N) is 3. The molecule has 2 aromatic rings. The molecule has 0 aromatic heterocycles. The Labute approximate surface area is 169 Å². The maximum absolute atomic E-state index is 12.8. The summed E-state index contributed by atoms with van der Waals surface area (Å²) in [4.78, 5) is 36.6. The van der Waals surface area contributed by atoms with E-state index in [1.807, 2.05) is 13.8 Å². The van der Waals surface area contributed by atoms with E-state index in [1.165, 1.54) is 6.92 Å². The third-order valence-electron chi connectivity index (χ3n) is 4.34. The van der Waals surface area contributed by atoms with E-state index in [0.717, 1.165) is 0 Å². The van der Waals surface area contributed by atoms with Gasteiger partial charge in [0.1, 0.15) is 6.04 Å². The van der Waals surface area contributed by atoms with Crippen LogP contribution in [0.1, 0.15) is 37.6 Å². The summed E-state index contributed by atoms with van der Waals surface area (Å²) < 4.78 is 0. The lowest BCUT2D eigenvalue weighted by Gasteiger charge is -2.23. The van der Waals surface area contributed by atoms with Crippen molar-refractivity contribution in [2.24, 2.45) is 5.92 Å².